The number of carboxylic acids is 1. The summed E-state index contributed by atoms with van der Waals surface area (Å²) in [6, 6.07) is 8.94. The van der Waals surface area contributed by atoms with Crippen molar-refractivity contribution in [1.29, 1.82) is 0 Å². The number of carboxylic acid groups (broad SMARTS) is 1. The van der Waals surface area contributed by atoms with E-state index < -0.39 is 5.97 Å². The summed E-state index contributed by atoms with van der Waals surface area (Å²) >= 11 is 0. The number of aromatic carboxylic acids is 1. The third kappa shape index (κ3) is 2.15. The SMILES string of the molecule is CCn1nc(C)c(-c2cc(C(=O)O)c3ccccc3n2)c1C. The smallest absolute Gasteiger partial charge is 0.336 e. The van der Waals surface area contributed by atoms with Crippen molar-refractivity contribution in [1.82, 2.24) is 14.8 Å². The number of para-hydroxylation sites is 1. The van der Waals surface area contributed by atoms with E-state index in [0.717, 1.165) is 23.5 Å². The third-order valence-electron chi connectivity index (χ3n) is 3.88. The molecule has 0 saturated heterocycles. The average molecular weight is 295 g/mol. The molecule has 0 aliphatic carbocycles. The van der Waals surface area contributed by atoms with E-state index in [-0.39, 0.29) is 5.56 Å². The van der Waals surface area contributed by atoms with Crippen LogP contribution in [0.5, 0.6) is 0 Å². The highest BCUT2D eigenvalue weighted by Gasteiger charge is 2.18. The Balaban J connectivity index is 2.33. The first kappa shape index (κ1) is 14.3. The number of hydrogen-bond acceptors (Lipinski definition) is 3. The number of fused-ring (bicyclic) bond motifs is 1. The predicted molar refractivity (Wildman–Crippen MR) is 85.1 cm³/mol. The Labute approximate surface area is 128 Å². The van der Waals surface area contributed by atoms with Crippen LogP contribution >= 0.6 is 0 Å². The molecule has 0 unspecified atom stereocenters. The molecule has 0 saturated carbocycles. The lowest BCUT2D eigenvalue weighted by atomic mass is 10.0. The van der Waals surface area contributed by atoms with E-state index in [2.05, 4.69) is 10.1 Å². The van der Waals surface area contributed by atoms with Gasteiger partial charge in [0.15, 0.2) is 0 Å². The quantitative estimate of drug-likeness (QED) is 0.803. The standard InChI is InChI=1S/C17H17N3O2/c1-4-20-11(3)16(10(2)19-20)15-9-13(17(21)22)12-7-5-6-8-14(12)18-15/h5-9H,4H2,1-3H3,(H,21,22). The number of carbonyl (C=O) groups is 1. The van der Waals surface area contributed by atoms with Gasteiger partial charge in [0.1, 0.15) is 0 Å². The number of pyridine rings is 1. The Morgan fingerprint density at radius 1 is 1.27 bits per heavy atom. The van der Waals surface area contributed by atoms with Crippen LogP contribution in [0.1, 0.15) is 28.7 Å². The van der Waals surface area contributed by atoms with E-state index in [1.807, 2.05) is 43.7 Å². The molecule has 0 aliphatic rings. The van der Waals surface area contributed by atoms with Crippen LogP contribution in [0.15, 0.2) is 30.3 Å². The van der Waals surface area contributed by atoms with Crippen molar-refractivity contribution in [3.8, 4) is 11.3 Å². The van der Waals surface area contributed by atoms with Gasteiger partial charge in [-0.05, 0) is 32.9 Å². The fourth-order valence-electron chi connectivity index (χ4n) is 2.86. The highest BCUT2D eigenvalue weighted by Crippen LogP contribution is 2.29. The first-order valence-corrected chi connectivity index (χ1v) is 7.20. The Bertz CT molecular complexity index is 881. The van der Waals surface area contributed by atoms with Gasteiger partial charge in [0.2, 0.25) is 0 Å². The van der Waals surface area contributed by atoms with Crippen LogP contribution in [0.25, 0.3) is 22.2 Å². The maximum absolute atomic E-state index is 11.6. The minimum atomic E-state index is -0.946. The van der Waals surface area contributed by atoms with Gasteiger partial charge in [-0.15, -0.1) is 0 Å². The van der Waals surface area contributed by atoms with Crippen molar-refractivity contribution >= 4 is 16.9 Å². The maximum Gasteiger partial charge on any atom is 0.336 e. The Kier molecular flexibility index (Phi) is 3.41. The summed E-state index contributed by atoms with van der Waals surface area (Å²) in [5, 5.41) is 14.6. The minimum Gasteiger partial charge on any atom is -0.478 e. The molecular formula is C17H17N3O2. The molecule has 3 rings (SSSR count). The number of rotatable bonds is 3. The Morgan fingerprint density at radius 3 is 2.64 bits per heavy atom. The number of nitrogens with zero attached hydrogens (tertiary/aromatic N) is 3. The summed E-state index contributed by atoms with van der Waals surface area (Å²) in [4.78, 5) is 16.2. The van der Waals surface area contributed by atoms with E-state index in [0.29, 0.717) is 16.6 Å². The average Bonchev–Trinajstić information content (AvgIpc) is 2.80. The zero-order valence-corrected chi connectivity index (χ0v) is 12.8. The van der Waals surface area contributed by atoms with Gasteiger partial charge < -0.3 is 5.11 Å². The van der Waals surface area contributed by atoms with Gasteiger partial charge in [0.05, 0.1) is 22.5 Å². The molecule has 2 aromatic heterocycles. The molecule has 0 fully saturated rings. The lowest BCUT2D eigenvalue weighted by Crippen LogP contribution is -2.01. The van der Waals surface area contributed by atoms with Crippen molar-refractivity contribution in [2.75, 3.05) is 0 Å². The molecule has 5 heteroatoms. The number of aromatic nitrogens is 3. The van der Waals surface area contributed by atoms with Crippen molar-refractivity contribution in [2.24, 2.45) is 0 Å². The van der Waals surface area contributed by atoms with Gasteiger partial charge in [-0.3, -0.25) is 4.68 Å². The number of hydrogen-bond donors (Lipinski definition) is 1. The molecule has 0 atom stereocenters. The van der Waals surface area contributed by atoms with Gasteiger partial charge in [-0.25, -0.2) is 9.78 Å². The van der Waals surface area contributed by atoms with Crippen LogP contribution in [0.2, 0.25) is 0 Å². The second-order valence-corrected chi connectivity index (χ2v) is 5.24. The van der Waals surface area contributed by atoms with Crippen LogP contribution in [-0.4, -0.2) is 25.8 Å². The molecule has 3 aromatic rings. The Morgan fingerprint density at radius 2 is 2.00 bits per heavy atom. The van der Waals surface area contributed by atoms with Crippen LogP contribution in [0, 0.1) is 13.8 Å². The molecule has 0 aliphatic heterocycles. The summed E-state index contributed by atoms with van der Waals surface area (Å²) in [5.41, 5.74) is 4.38. The summed E-state index contributed by atoms with van der Waals surface area (Å²) in [7, 11) is 0. The van der Waals surface area contributed by atoms with Crippen LogP contribution in [0.4, 0.5) is 0 Å². The lowest BCUT2D eigenvalue weighted by Gasteiger charge is -2.07. The first-order valence-electron chi connectivity index (χ1n) is 7.20. The molecule has 0 bridgehead atoms. The summed E-state index contributed by atoms with van der Waals surface area (Å²) in [5.74, 6) is -0.946. The molecule has 22 heavy (non-hydrogen) atoms. The van der Waals surface area contributed by atoms with Gasteiger partial charge in [0.25, 0.3) is 0 Å². The summed E-state index contributed by atoms with van der Waals surface area (Å²) < 4.78 is 1.90. The van der Waals surface area contributed by atoms with Crippen molar-refractivity contribution in [3.63, 3.8) is 0 Å². The monoisotopic (exact) mass is 295 g/mol. The van der Waals surface area contributed by atoms with E-state index in [1.54, 1.807) is 12.1 Å². The fraction of sp³-hybridized carbons (Fsp3) is 0.235. The second-order valence-electron chi connectivity index (χ2n) is 5.24. The fourth-order valence-corrected chi connectivity index (χ4v) is 2.86. The highest BCUT2D eigenvalue weighted by molar-refractivity contribution is 6.03. The van der Waals surface area contributed by atoms with Crippen LogP contribution in [0.3, 0.4) is 0 Å². The van der Waals surface area contributed by atoms with Gasteiger partial charge in [-0.1, -0.05) is 18.2 Å². The summed E-state index contributed by atoms with van der Waals surface area (Å²) in [6.07, 6.45) is 0. The zero-order valence-electron chi connectivity index (χ0n) is 12.8. The predicted octanol–water partition coefficient (Wildman–Crippen LogP) is 3.43. The molecule has 5 nitrogen and oxygen atoms in total. The van der Waals surface area contributed by atoms with Crippen LogP contribution < -0.4 is 0 Å². The summed E-state index contributed by atoms with van der Waals surface area (Å²) in [6.45, 7) is 6.70. The maximum atomic E-state index is 11.6. The molecule has 2 heterocycles. The Hall–Kier alpha value is -2.69. The molecule has 0 spiro atoms. The largest absolute Gasteiger partial charge is 0.478 e. The van der Waals surface area contributed by atoms with Gasteiger partial charge in [-0.2, -0.15) is 5.10 Å². The van der Waals surface area contributed by atoms with E-state index in [1.165, 1.54) is 0 Å². The molecule has 112 valence electrons. The second kappa shape index (κ2) is 5.26. The first-order chi connectivity index (χ1) is 10.5. The van der Waals surface area contributed by atoms with Crippen molar-refractivity contribution < 1.29 is 9.90 Å². The lowest BCUT2D eigenvalue weighted by molar-refractivity contribution is 0.0699. The number of aryl methyl sites for hydroxylation is 2. The third-order valence-corrected chi connectivity index (χ3v) is 3.88. The highest BCUT2D eigenvalue weighted by atomic mass is 16.4. The van der Waals surface area contributed by atoms with E-state index in [4.69, 9.17) is 0 Å². The van der Waals surface area contributed by atoms with E-state index >= 15 is 0 Å². The minimum absolute atomic E-state index is 0.267. The van der Waals surface area contributed by atoms with Crippen molar-refractivity contribution in [2.45, 2.75) is 27.3 Å². The van der Waals surface area contributed by atoms with E-state index in [9.17, 15) is 9.90 Å². The van der Waals surface area contributed by atoms with Crippen molar-refractivity contribution in [3.05, 3.63) is 47.3 Å². The number of benzene rings is 1. The molecule has 1 aromatic carbocycles. The van der Waals surface area contributed by atoms with Gasteiger partial charge >= 0.3 is 5.97 Å². The topological polar surface area (TPSA) is 68.0 Å². The normalized spacial score (nSPS) is 11.0. The molecule has 0 radical (unpaired) electrons. The molecule has 0 amide bonds. The molecule has 1 N–H and O–H groups in total. The zero-order chi connectivity index (χ0) is 15.9. The molecular weight excluding hydrogens is 278 g/mol. The van der Waals surface area contributed by atoms with Gasteiger partial charge in [0, 0.05) is 23.2 Å². The van der Waals surface area contributed by atoms with Crippen LogP contribution in [-0.2, 0) is 6.54 Å².